The van der Waals surface area contributed by atoms with Gasteiger partial charge in [0.1, 0.15) is 11.1 Å². The third-order valence-electron chi connectivity index (χ3n) is 7.61. The molecule has 0 bridgehead atoms. The summed E-state index contributed by atoms with van der Waals surface area (Å²) in [5.74, 6) is 0.610. The van der Waals surface area contributed by atoms with Gasteiger partial charge in [0.2, 0.25) is 5.95 Å². The Morgan fingerprint density at radius 2 is 1.90 bits per heavy atom. The normalized spacial score (nSPS) is 17.6. The molecule has 0 spiro atoms. The van der Waals surface area contributed by atoms with Crippen LogP contribution < -0.4 is 15.9 Å². The molecule has 8 nitrogen and oxygen atoms in total. The number of nitrogens with two attached hydrogens (primary N) is 1. The molecular formula is C30H38FN6O2PS. The molecule has 3 atom stereocenters. The summed E-state index contributed by atoms with van der Waals surface area (Å²) in [5.41, 5.74) is 10.2. The van der Waals surface area contributed by atoms with E-state index in [1.165, 1.54) is 19.0 Å². The van der Waals surface area contributed by atoms with Gasteiger partial charge in [0.15, 0.2) is 5.82 Å². The van der Waals surface area contributed by atoms with E-state index in [9.17, 15) is 14.8 Å². The second-order valence-electron chi connectivity index (χ2n) is 10.1. The number of aliphatic hydroxyl groups is 1. The van der Waals surface area contributed by atoms with Crippen LogP contribution in [0.15, 0.2) is 12.4 Å². The fourth-order valence-electron chi connectivity index (χ4n) is 5.22. The number of fused-ring (bicyclic) bond motifs is 4. The summed E-state index contributed by atoms with van der Waals surface area (Å²) < 4.78 is 20.8. The molecule has 3 aromatic heterocycles. The van der Waals surface area contributed by atoms with Crippen LogP contribution in [-0.2, 0) is 18.0 Å². The minimum Gasteiger partial charge on any atom is -0.396 e. The minimum absolute atomic E-state index is 0.131. The van der Waals surface area contributed by atoms with Gasteiger partial charge in [0, 0.05) is 53.5 Å². The first-order valence-corrected chi connectivity index (χ1v) is 15.5. The Balaban J connectivity index is 0.000000596. The number of rotatable bonds is 4. The second-order valence-corrected chi connectivity index (χ2v) is 11.7. The summed E-state index contributed by atoms with van der Waals surface area (Å²) in [7, 11) is 2.76. The maximum atomic E-state index is 14.7. The van der Waals surface area contributed by atoms with Gasteiger partial charge in [-0.3, -0.25) is 4.98 Å². The number of nitriles is 1. The topological polar surface area (TPSA) is 121 Å². The first-order valence-electron chi connectivity index (χ1n) is 14.1. The van der Waals surface area contributed by atoms with Crippen LogP contribution in [0, 0.1) is 29.0 Å². The third-order valence-corrected chi connectivity index (χ3v) is 9.20. The van der Waals surface area contributed by atoms with Gasteiger partial charge in [0.05, 0.1) is 40.9 Å². The van der Waals surface area contributed by atoms with E-state index in [0.717, 1.165) is 50.8 Å². The zero-order valence-electron chi connectivity index (χ0n) is 24.3. The lowest BCUT2D eigenvalue weighted by atomic mass is 9.94. The molecule has 2 aliphatic heterocycles. The van der Waals surface area contributed by atoms with Crippen molar-refractivity contribution in [1.29, 1.82) is 5.26 Å². The molecule has 11 heteroatoms. The molecule has 5 heterocycles. The van der Waals surface area contributed by atoms with E-state index >= 15 is 0 Å². The first kappa shape index (κ1) is 31.0. The molecule has 0 saturated carbocycles. The van der Waals surface area contributed by atoms with E-state index in [4.69, 9.17) is 15.5 Å². The molecule has 2 aliphatic rings. The predicted octanol–water partition coefficient (Wildman–Crippen LogP) is 5.93. The third kappa shape index (κ3) is 5.61. The van der Waals surface area contributed by atoms with E-state index in [-0.39, 0.29) is 23.1 Å². The van der Waals surface area contributed by atoms with Gasteiger partial charge in [-0.15, -0.1) is 20.6 Å². The monoisotopic (exact) mass is 596 g/mol. The Labute approximate surface area is 247 Å². The molecule has 0 amide bonds. The van der Waals surface area contributed by atoms with Crippen LogP contribution in [0.1, 0.15) is 64.2 Å². The summed E-state index contributed by atoms with van der Waals surface area (Å²) in [6.07, 6.45) is 5.65. The van der Waals surface area contributed by atoms with Crippen molar-refractivity contribution in [2.24, 2.45) is 11.8 Å². The SMILES string of the molecule is CC.CC1CN(c2ncc3c4c(c(-c5ncc(F)c6sc(N)c(C#N)c56)c(P)c3n2)COC4)CC1CO.CCCC. The maximum Gasteiger partial charge on any atom is 0.225 e. The van der Waals surface area contributed by atoms with Crippen molar-refractivity contribution >= 4 is 57.8 Å². The van der Waals surface area contributed by atoms with Crippen molar-refractivity contribution in [3.05, 3.63) is 34.9 Å². The Morgan fingerprint density at radius 3 is 2.54 bits per heavy atom. The number of aromatic nitrogens is 3. The molecule has 41 heavy (non-hydrogen) atoms. The number of nitrogen functional groups attached to an aromatic ring is 1. The van der Waals surface area contributed by atoms with Crippen molar-refractivity contribution < 1.29 is 14.2 Å². The van der Waals surface area contributed by atoms with Crippen molar-refractivity contribution in [3.63, 3.8) is 0 Å². The van der Waals surface area contributed by atoms with Gasteiger partial charge < -0.3 is 20.5 Å². The lowest BCUT2D eigenvalue weighted by Gasteiger charge is -2.19. The highest BCUT2D eigenvalue weighted by Gasteiger charge is 2.32. The largest absolute Gasteiger partial charge is 0.396 e. The molecule has 3 unspecified atom stereocenters. The summed E-state index contributed by atoms with van der Waals surface area (Å²) in [5, 5.41) is 21.8. The fourth-order valence-corrected chi connectivity index (χ4v) is 6.67. The highest BCUT2D eigenvalue weighted by molar-refractivity contribution is 7.29. The van der Waals surface area contributed by atoms with E-state index in [0.29, 0.717) is 47.4 Å². The summed E-state index contributed by atoms with van der Waals surface area (Å²) in [6, 6.07) is 2.13. The average molecular weight is 597 g/mol. The average Bonchev–Trinajstić information content (AvgIpc) is 3.72. The zero-order chi connectivity index (χ0) is 29.8. The van der Waals surface area contributed by atoms with Crippen molar-refractivity contribution in [2.45, 2.75) is 60.7 Å². The highest BCUT2D eigenvalue weighted by Crippen LogP contribution is 2.43. The van der Waals surface area contributed by atoms with Crippen molar-refractivity contribution in [2.75, 3.05) is 30.3 Å². The molecule has 4 aromatic rings. The van der Waals surface area contributed by atoms with Gasteiger partial charge in [-0.1, -0.05) is 47.5 Å². The Bertz CT molecular complexity index is 1600. The van der Waals surface area contributed by atoms with Gasteiger partial charge in [0.25, 0.3) is 0 Å². The Morgan fingerprint density at radius 1 is 1.20 bits per heavy atom. The molecular weight excluding hydrogens is 558 g/mol. The molecule has 1 aromatic carbocycles. The second kappa shape index (κ2) is 13.3. The molecule has 1 saturated heterocycles. The van der Waals surface area contributed by atoms with Gasteiger partial charge in [-0.2, -0.15) is 5.26 Å². The van der Waals surface area contributed by atoms with Crippen LogP contribution >= 0.6 is 20.6 Å². The first-order chi connectivity index (χ1) is 19.8. The summed E-state index contributed by atoms with van der Waals surface area (Å²) in [6.45, 7) is 12.8. The number of ether oxygens (including phenoxy) is 1. The number of aliphatic hydroxyl groups excluding tert-OH is 1. The van der Waals surface area contributed by atoms with E-state index in [1.807, 2.05) is 20.0 Å². The molecule has 6 rings (SSSR count). The number of nitrogens with zero attached hydrogens (tertiary/aromatic N) is 5. The summed E-state index contributed by atoms with van der Waals surface area (Å²) >= 11 is 1.05. The number of unbranched alkanes of at least 4 members (excludes halogenated alkanes) is 1. The number of hydrogen-bond acceptors (Lipinski definition) is 9. The smallest absolute Gasteiger partial charge is 0.225 e. The Kier molecular flexibility index (Phi) is 10.1. The van der Waals surface area contributed by atoms with Gasteiger partial charge in [-0.25, -0.2) is 14.4 Å². The van der Waals surface area contributed by atoms with Crippen LogP contribution in [0.2, 0.25) is 0 Å². The quantitative estimate of drug-likeness (QED) is 0.278. The fraction of sp³-hybridized carbons (Fsp3) is 0.467. The van der Waals surface area contributed by atoms with Crippen LogP contribution in [0.3, 0.4) is 0 Å². The molecule has 0 aliphatic carbocycles. The zero-order valence-corrected chi connectivity index (χ0v) is 26.3. The standard InChI is InChI=1S/C24H22FN6O2PS.C4H10.C2H6/c1-10-5-31(6-11(10)7-32)24-29-3-13-14-8-33-9-15(14)17(21(34)19(13)30-24)20-18-12(2-26)23(27)35-22(18)16(25)4-28-20;1-3-4-2;1-2/h3-4,10-11,32H,5-9,27,34H2,1H3;3-4H2,1-2H3;1-2H3. The van der Waals surface area contributed by atoms with Crippen LogP contribution in [0.25, 0.3) is 32.2 Å². The lowest BCUT2D eigenvalue weighted by molar-refractivity contribution is 0.135. The van der Waals surface area contributed by atoms with E-state index in [1.54, 1.807) is 0 Å². The number of thiophene rings is 1. The molecule has 3 N–H and O–H groups in total. The maximum absolute atomic E-state index is 14.7. The summed E-state index contributed by atoms with van der Waals surface area (Å²) in [4.78, 5) is 16.1. The molecule has 0 radical (unpaired) electrons. The van der Waals surface area contributed by atoms with Gasteiger partial charge in [-0.05, 0) is 17.0 Å². The van der Waals surface area contributed by atoms with Gasteiger partial charge >= 0.3 is 0 Å². The number of benzene rings is 1. The predicted molar refractivity (Wildman–Crippen MR) is 169 cm³/mol. The van der Waals surface area contributed by atoms with E-state index < -0.39 is 5.82 Å². The molecule has 218 valence electrons. The van der Waals surface area contributed by atoms with Crippen molar-refractivity contribution in [3.8, 4) is 17.3 Å². The number of anilines is 2. The van der Waals surface area contributed by atoms with Crippen LogP contribution in [-0.4, -0.2) is 39.8 Å². The lowest BCUT2D eigenvalue weighted by Crippen LogP contribution is -2.23. The molecule has 1 fully saturated rings. The van der Waals surface area contributed by atoms with Crippen LogP contribution in [0.5, 0.6) is 0 Å². The van der Waals surface area contributed by atoms with Crippen LogP contribution in [0.4, 0.5) is 15.3 Å². The Hall–Kier alpha value is -2.96. The van der Waals surface area contributed by atoms with E-state index in [2.05, 4.69) is 50.9 Å². The number of pyridine rings is 1. The number of hydrogen-bond donors (Lipinski definition) is 2. The number of halogens is 1. The minimum atomic E-state index is -0.507. The highest BCUT2D eigenvalue weighted by atomic mass is 32.1. The van der Waals surface area contributed by atoms with Crippen molar-refractivity contribution in [1.82, 2.24) is 15.0 Å².